The Morgan fingerprint density at radius 1 is 1.75 bits per heavy atom. The maximum absolute atomic E-state index is 6.93. The first-order valence-corrected chi connectivity index (χ1v) is 4.27. The summed E-state index contributed by atoms with van der Waals surface area (Å²) in [6.45, 7) is 6.93. The molecule has 4 heteroatoms. The first-order chi connectivity index (χ1) is 5.74. The van der Waals surface area contributed by atoms with Gasteiger partial charge in [0.05, 0.1) is 6.57 Å². The highest BCUT2D eigenvalue weighted by molar-refractivity contribution is 7.10. The van der Waals surface area contributed by atoms with Crippen LogP contribution in [0, 0.1) is 6.57 Å². The summed E-state index contributed by atoms with van der Waals surface area (Å²) in [6, 6.07) is 0. The van der Waals surface area contributed by atoms with E-state index >= 15 is 0 Å². The number of aromatic nitrogens is 1. The Balaban J connectivity index is 2.93. The zero-order valence-corrected chi connectivity index (χ0v) is 7.80. The third-order valence-corrected chi connectivity index (χ3v) is 1.95. The van der Waals surface area contributed by atoms with E-state index in [4.69, 9.17) is 6.57 Å². The monoisotopic (exact) mass is 179 g/mol. The van der Waals surface area contributed by atoms with Crippen molar-refractivity contribution in [2.45, 2.75) is 0 Å². The van der Waals surface area contributed by atoms with E-state index in [0.717, 1.165) is 5.01 Å². The molecular formula is C8H9N3S. The van der Waals surface area contributed by atoms with Crippen molar-refractivity contribution in [3.05, 3.63) is 34.2 Å². The Hall–Kier alpha value is -1.34. The van der Waals surface area contributed by atoms with Gasteiger partial charge in [0.25, 0.3) is 0 Å². The highest BCUT2D eigenvalue weighted by Gasteiger charge is 2.03. The van der Waals surface area contributed by atoms with E-state index in [1.807, 2.05) is 24.4 Å². The lowest BCUT2D eigenvalue weighted by atomic mass is 10.5. The summed E-state index contributed by atoms with van der Waals surface area (Å²) >= 11 is 1.48. The summed E-state index contributed by atoms with van der Waals surface area (Å²) in [5.74, 6) is 0. The van der Waals surface area contributed by atoms with Gasteiger partial charge in [-0.05, 0) is 0 Å². The van der Waals surface area contributed by atoms with Gasteiger partial charge in [0.15, 0.2) is 0 Å². The molecule has 62 valence electrons. The molecule has 0 saturated carbocycles. The van der Waals surface area contributed by atoms with Crippen LogP contribution < -0.4 is 0 Å². The Bertz CT molecular complexity index is 306. The fourth-order valence-corrected chi connectivity index (χ4v) is 1.32. The van der Waals surface area contributed by atoms with E-state index in [-0.39, 0.29) is 0 Å². The molecule has 3 nitrogen and oxygen atoms in total. The average Bonchev–Trinajstić information content (AvgIpc) is 2.51. The minimum atomic E-state index is 0.593. The van der Waals surface area contributed by atoms with Crippen molar-refractivity contribution in [3.63, 3.8) is 0 Å². The van der Waals surface area contributed by atoms with Gasteiger partial charge in [-0.1, -0.05) is 0 Å². The zero-order chi connectivity index (χ0) is 8.97. The molecule has 0 saturated heterocycles. The van der Waals surface area contributed by atoms with Gasteiger partial charge < -0.3 is 4.90 Å². The molecule has 0 aliphatic carbocycles. The molecule has 1 rings (SSSR count). The second-order valence-corrected chi connectivity index (χ2v) is 3.32. The first-order valence-electron chi connectivity index (χ1n) is 3.39. The molecule has 0 aromatic carbocycles. The van der Waals surface area contributed by atoms with Gasteiger partial charge in [0, 0.05) is 31.9 Å². The van der Waals surface area contributed by atoms with Gasteiger partial charge in [-0.2, -0.15) is 0 Å². The van der Waals surface area contributed by atoms with Crippen LogP contribution in [0.2, 0.25) is 0 Å². The van der Waals surface area contributed by atoms with Gasteiger partial charge in [0.1, 0.15) is 5.01 Å². The highest BCUT2D eigenvalue weighted by atomic mass is 32.1. The smallest absolute Gasteiger partial charge is 0.237 e. The fourth-order valence-electron chi connectivity index (χ4n) is 0.726. The second-order valence-electron chi connectivity index (χ2n) is 2.43. The second kappa shape index (κ2) is 3.88. The van der Waals surface area contributed by atoms with Crippen molar-refractivity contribution in [1.82, 2.24) is 9.88 Å². The van der Waals surface area contributed by atoms with Crippen molar-refractivity contribution in [1.29, 1.82) is 0 Å². The van der Waals surface area contributed by atoms with Crippen LogP contribution in [0.4, 0.5) is 0 Å². The molecule has 0 atom stereocenters. The Kier molecular flexibility index (Phi) is 2.83. The molecule has 1 heterocycles. The number of hydrogen-bond donors (Lipinski definition) is 0. The molecule has 0 bridgehead atoms. The van der Waals surface area contributed by atoms with E-state index in [0.29, 0.717) is 5.70 Å². The largest absolute Gasteiger partial charge is 0.393 e. The summed E-state index contributed by atoms with van der Waals surface area (Å²) in [4.78, 5) is 9.28. The summed E-state index contributed by atoms with van der Waals surface area (Å²) in [5.41, 5.74) is 0.593. The van der Waals surface area contributed by atoms with E-state index < -0.39 is 0 Å². The van der Waals surface area contributed by atoms with Gasteiger partial charge in [-0.15, -0.1) is 11.3 Å². The van der Waals surface area contributed by atoms with Crippen LogP contribution in [0.5, 0.6) is 0 Å². The third kappa shape index (κ3) is 2.07. The molecule has 0 fully saturated rings. The molecule has 0 N–H and O–H groups in total. The van der Waals surface area contributed by atoms with Crippen molar-refractivity contribution < 1.29 is 0 Å². The summed E-state index contributed by atoms with van der Waals surface area (Å²) < 4.78 is 0. The van der Waals surface area contributed by atoms with E-state index in [1.54, 1.807) is 12.4 Å². The quantitative estimate of drug-likeness (QED) is 0.646. The first kappa shape index (κ1) is 8.75. The number of thiazole rings is 1. The molecule has 12 heavy (non-hydrogen) atoms. The maximum atomic E-state index is 6.93. The molecule has 0 aliphatic heterocycles. The zero-order valence-electron chi connectivity index (χ0n) is 6.98. The topological polar surface area (TPSA) is 20.5 Å². The normalized spacial score (nSPS) is 10.9. The van der Waals surface area contributed by atoms with E-state index in [2.05, 4.69) is 9.83 Å². The molecule has 1 aromatic heterocycles. The molecule has 0 radical (unpaired) electrons. The number of rotatable bonds is 2. The lowest BCUT2D eigenvalue weighted by molar-refractivity contribution is 0.566. The van der Waals surface area contributed by atoms with Crippen molar-refractivity contribution >= 4 is 17.0 Å². The third-order valence-electron chi connectivity index (χ3n) is 1.15. The standard InChI is InChI=1S/C8H9N3S/c1-9-7(6-11(2)3)8-10-4-5-12-8/h4-6H,2-3H3/b7-6-. The molecule has 0 spiro atoms. The fraction of sp³-hybridized carbons (Fsp3) is 0.250. The molecule has 0 amide bonds. The average molecular weight is 179 g/mol. The molecule has 0 aliphatic rings. The molecule has 0 unspecified atom stereocenters. The van der Waals surface area contributed by atoms with Crippen LogP contribution in [0.1, 0.15) is 5.01 Å². The lowest BCUT2D eigenvalue weighted by Crippen LogP contribution is -2.01. The van der Waals surface area contributed by atoms with E-state index in [1.165, 1.54) is 11.3 Å². The Labute approximate surface area is 75.8 Å². The Morgan fingerprint density at radius 2 is 2.50 bits per heavy atom. The van der Waals surface area contributed by atoms with Crippen LogP contribution in [-0.4, -0.2) is 24.0 Å². The lowest BCUT2D eigenvalue weighted by Gasteiger charge is -2.04. The molecule has 1 aromatic rings. The van der Waals surface area contributed by atoms with Crippen LogP contribution in [0.25, 0.3) is 10.5 Å². The predicted octanol–water partition coefficient (Wildman–Crippen LogP) is 1.92. The number of hydrogen-bond acceptors (Lipinski definition) is 3. The van der Waals surface area contributed by atoms with E-state index in [9.17, 15) is 0 Å². The van der Waals surface area contributed by atoms with Crippen LogP contribution in [0.3, 0.4) is 0 Å². The van der Waals surface area contributed by atoms with Crippen molar-refractivity contribution in [2.75, 3.05) is 14.1 Å². The Morgan fingerprint density at radius 3 is 2.92 bits per heavy atom. The highest BCUT2D eigenvalue weighted by Crippen LogP contribution is 2.17. The molecular weight excluding hydrogens is 170 g/mol. The van der Waals surface area contributed by atoms with Gasteiger partial charge in [0.2, 0.25) is 5.70 Å². The SMILES string of the molecule is [C-]#[N+]/C(=C\N(C)C)c1nccs1. The minimum absolute atomic E-state index is 0.593. The number of nitrogens with zero attached hydrogens (tertiary/aromatic N) is 3. The van der Waals surface area contributed by atoms with Crippen LogP contribution in [-0.2, 0) is 0 Å². The summed E-state index contributed by atoms with van der Waals surface area (Å²) in [7, 11) is 3.78. The van der Waals surface area contributed by atoms with Crippen molar-refractivity contribution in [2.24, 2.45) is 0 Å². The minimum Gasteiger partial charge on any atom is -0.393 e. The van der Waals surface area contributed by atoms with Crippen LogP contribution >= 0.6 is 11.3 Å². The summed E-state index contributed by atoms with van der Waals surface area (Å²) in [5, 5.41) is 2.64. The predicted molar refractivity (Wildman–Crippen MR) is 50.4 cm³/mol. The van der Waals surface area contributed by atoms with Gasteiger partial charge >= 0.3 is 0 Å². The van der Waals surface area contributed by atoms with Gasteiger partial charge in [-0.3, -0.25) is 4.98 Å². The van der Waals surface area contributed by atoms with Crippen molar-refractivity contribution in [3.8, 4) is 0 Å². The summed E-state index contributed by atoms with van der Waals surface area (Å²) in [6.07, 6.45) is 3.47. The maximum Gasteiger partial charge on any atom is 0.237 e. The van der Waals surface area contributed by atoms with Crippen LogP contribution in [0.15, 0.2) is 17.8 Å². The van der Waals surface area contributed by atoms with Gasteiger partial charge in [-0.25, -0.2) is 4.85 Å².